The van der Waals surface area contributed by atoms with E-state index in [-0.39, 0.29) is 5.41 Å². The predicted molar refractivity (Wildman–Crippen MR) is 130 cm³/mol. The Hall–Kier alpha value is -2.60. The van der Waals surface area contributed by atoms with Gasteiger partial charge in [0.05, 0.1) is 0 Å². The maximum Gasteiger partial charge on any atom is 0.0281 e. The molecule has 0 aliphatic heterocycles. The molecule has 0 heterocycles. The van der Waals surface area contributed by atoms with E-state index in [2.05, 4.69) is 114 Å². The number of benzene rings is 2. The first-order chi connectivity index (χ1) is 14.3. The Labute approximate surface area is 182 Å². The standard InChI is InChI=1S/C30H34/c1-21(2)17-22-13-15-23(16-14-22)18-24-9-8-11-26(19-24)29-27-12-7-6-10-25(27)20-28(29)30(3,4)5/h6-16,19-21,27H,17-18H2,1-5H3. The van der Waals surface area contributed by atoms with E-state index >= 15 is 0 Å². The molecule has 0 N–H and O–H groups in total. The van der Waals surface area contributed by atoms with Crippen molar-refractivity contribution in [3.8, 4) is 0 Å². The van der Waals surface area contributed by atoms with Gasteiger partial charge in [0.1, 0.15) is 0 Å². The number of fused-ring (bicyclic) bond motifs is 1. The van der Waals surface area contributed by atoms with Crippen LogP contribution < -0.4 is 0 Å². The molecule has 154 valence electrons. The lowest BCUT2D eigenvalue weighted by Crippen LogP contribution is -2.10. The fourth-order valence-corrected chi connectivity index (χ4v) is 4.67. The minimum absolute atomic E-state index is 0.129. The molecule has 0 fully saturated rings. The molecule has 0 saturated carbocycles. The third-order valence-corrected chi connectivity index (χ3v) is 6.10. The zero-order chi connectivity index (χ0) is 21.3. The van der Waals surface area contributed by atoms with Crippen LogP contribution in [-0.2, 0) is 12.8 Å². The monoisotopic (exact) mass is 394 g/mol. The van der Waals surface area contributed by atoms with Crippen LogP contribution in [0.25, 0.3) is 5.57 Å². The van der Waals surface area contributed by atoms with Crippen LogP contribution >= 0.6 is 0 Å². The second kappa shape index (κ2) is 8.26. The van der Waals surface area contributed by atoms with Gasteiger partial charge in [-0.1, -0.05) is 114 Å². The fourth-order valence-electron chi connectivity index (χ4n) is 4.67. The summed E-state index contributed by atoms with van der Waals surface area (Å²) < 4.78 is 0. The molecule has 0 spiro atoms. The number of hydrogen-bond acceptors (Lipinski definition) is 0. The van der Waals surface area contributed by atoms with Crippen molar-refractivity contribution in [1.82, 2.24) is 0 Å². The summed E-state index contributed by atoms with van der Waals surface area (Å²) in [7, 11) is 0. The van der Waals surface area contributed by atoms with Crippen molar-refractivity contribution in [3.05, 3.63) is 112 Å². The summed E-state index contributed by atoms with van der Waals surface area (Å²) in [5, 5.41) is 0. The molecule has 1 atom stereocenters. The zero-order valence-corrected chi connectivity index (χ0v) is 19.1. The first-order valence-electron chi connectivity index (χ1n) is 11.3. The quantitative estimate of drug-likeness (QED) is 0.482. The topological polar surface area (TPSA) is 0 Å². The molecule has 30 heavy (non-hydrogen) atoms. The van der Waals surface area contributed by atoms with Gasteiger partial charge in [0.15, 0.2) is 0 Å². The Morgan fingerprint density at radius 1 is 0.867 bits per heavy atom. The Morgan fingerprint density at radius 3 is 2.30 bits per heavy atom. The largest absolute Gasteiger partial charge is 0.0726 e. The summed E-state index contributed by atoms with van der Waals surface area (Å²) in [6.45, 7) is 11.5. The second-order valence-electron chi connectivity index (χ2n) is 10.2. The Bertz CT molecular complexity index is 1030. The van der Waals surface area contributed by atoms with Gasteiger partial charge in [-0.25, -0.2) is 0 Å². The van der Waals surface area contributed by atoms with E-state index in [4.69, 9.17) is 0 Å². The molecule has 2 aliphatic rings. The summed E-state index contributed by atoms with van der Waals surface area (Å²) in [4.78, 5) is 0. The molecule has 0 heteroatoms. The third kappa shape index (κ3) is 4.43. The van der Waals surface area contributed by atoms with E-state index in [1.54, 1.807) is 0 Å². The first-order valence-corrected chi connectivity index (χ1v) is 11.3. The molecular formula is C30H34. The number of allylic oxidation sites excluding steroid dienone is 8. The van der Waals surface area contributed by atoms with Gasteiger partial charge in [-0.3, -0.25) is 0 Å². The van der Waals surface area contributed by atoms with E-state index in [9.17, 15) is 0 Å². The zero-order valence-electron chi connectivity index (χ0n) is 19.1. The molecule has 2 aliphatic carbocycles. The highest BCUT2D eigenvalue weighted by Crippen LogP contribution is 2.47. The average molecular weight is 395 g/mol. The first kappa shape index (κ1) is 20.7. The van der Waals surface area contributed by atoms with Crippen LogP contribution in [0.1, 0.15) is 56.9 Å². The summed E-state index contributed by atoms with van der Waals surface area (Å²) in [5.41, 5.74) is 10.1. The maximum atomic E-state index is 2.42. The smallest absolute Gasteiger partial charge is 0.0281 e. The normalized spacial score (nSPS) is 18.2. The van der Waals surface area contributed by atoms with Gasteiger partial charge in [-0.2, -0.15) is 0 Å². The molecule has 0 nitrogen and oxygen atoms in total. The number of rotatable bonds is 5. The third-order valence-electron chi connectivity index (χ3n) is 6.10. The van der Waals surface area contributed by atoms with E-state index in [0.717, 1.165) is 12.8 Å². The Balaban J connectivity index is 1.63. The predicted octanol–water partition coefficient (Wildman–Crippen LogP) is 7.96. The summed E-state index contributed by atoms with van der Waals surface area (Å²) in [6, 6.07) is 18.4. The summed E-state index contributed by atoms with van der Waals surface area (Å²) >= 11 is 0. The Morgan fingerprint density at radius 2 is 1.60 bits per heavy atom. The Kier molecular flexibility index (Phi) is 5.69. The van der Waals surface area contributed by atoms with E-state index < -0.39 is 0 Å². The van der Waals surface area contributed by atoms with Gasteiger partial charge >= 0.3 is 0 Å². The van der Waals surface area contributed by atoms with Crippen LogP contribution in [0.15, 0.2) is 90.1 Å². The lowest BCUT2D eigenvalue weighted by molar-refractivity contribution is 0.519. The van der Waals surface area contributed by atoms with Gasteiger partial charge in [0.25, 0.3) is 0 Å². The minimum atomic E-state index is 0.129. The molecule has 1 unspecified atom stereocenters. The molecule has 2 aromatic rings. The molecule has 0 aromatic heterocycles. The second-order valence-corrected chi connectivity index (χ2v) is 10.2. The van der Waals surface area contributed by atoms with Gasteiger partial charge in [0, 0.05) is 5.92 Å². The van der Waals surface area contributed by atoms with Gasteiger partial charge < -0.3 is 0 Å². The van der Waals surface area contributed by atoms with Crippen molar-refractivity contribution >= 4 is 5.57 Å². The lowest BCUT2D eigenvalue weighted by Gasteiger charge is -2.24. The SMILES string of the molecule is CC(C)Cc1ccc(Cc2cccc(C3=C(C(C)(C)C)C=C4C=CC=CC43)c2)cc1. The molecule has 0 bridgehead atoms. The van der Waals surface area contributed by atoms with Crippen molar-refractivity contribution < 1.29 is 0 Å². The minimum Gasteiger partial charge on any atom is -0.0726 e. The van der Waals surface area contributed by atoms with Crippen molar-refractivity contribution in [2.45, 2.75) is 47.5 Å². The van der Waals surface area contributed by atoms with Crippen LogP contribution in [0, 0.1) is 17.3 Å². The highest BCUT2D eigenvalue weighted by Gasteiger charge is 2.32. The summed E-state index contributed by atoms with van der Waals surface area (Å²) in [5.74, 6) is 1.08. The molecule has 0 radical (unpaired) electrons. The summed E-state index contributed by atoms with van der Waals surface area (Å²) in [6.07, 6.45) is 13.5. The van der Waals surface area contributed by atoms with Crippen molar-refractivity contribution in [2.75, 3.05) is 0 Å². The maximum absolute atomic E-state index is 2.42. The molecule has 0 amide bonds. The van der Waals surface area contributed by atoms with Gasteiger partial charge in [-0.15, -0.1) is 0 Å². The van der Waals surface area contributed by atoms with Crippen molar-refractivity contribution in [1.29, 1.82) is 0 Å². The number of hydrogen-bond donors (Lipinski definition) is 0. The van der Waals surface area contributed by atoms with E-state index in [0.29, 0.717) is 11.8 Å². The molecular weight excluding hydrogens is 360 g/mol. The van der Waals surface area contributed by atoms with Crippen LogP contribution in [0.2, 0.25) is 0 Å². The van der Waals surface area contributed by atoms with Gasteiger partial charge in [0.2, 0.25) is 0 Å². The van der Waals surface area contributed by atoms with Gasteiger partial charge in [-0.05, 0) is 63.1 Å². The van der Waals surface area contributed by atoms with Crippen molar-refractivity contribution in [3.63, 3.8) is 0 Å². The molecule has 4 rings (SSSR count). The van der Waals surface area contributed by atoms with Crippen LogP contribution in [0.4, 0.5) is 0 Å². The molecule has 2 aromatic carbocycles. The molecule has 0 saturated heterocycles. The van der Waals surface area contributed by atoms with Crippen LogP contribution in [0.3, 0.4) is 0 Å². The lowest BCUT2D eigenvalue weighted by atomic mass is 9.80. The highest BCUT2D eigenvalue weighted by molar-refractivity contribution is 5.82. The van der Waals surface area contributed by atoms with Crippen LogP contribution in [-0.4, -0.2) is 0 Å². The fraction of sp³-hybridized carbons (Fsp3) is 0.333. The average Bonchev–Trinajstić information content (AvgIpc) is 3.10. The van der Waals surface area contributed by atoms with Crippen molar-refractivity contribution in [2.24, 2.45) is 17.3 Å². The van der Waals surface area contributed by atoms with E-state index in [1.807, 2.05) is 0 Å². The van der Waals surface area contributed by atoms with E-state index in [1.165, 1.54) is 39.0 Å². The highest BCUT2D eigenvalue weighted by atomic mass is 14.4. The van der Waals surface area contributed by atoms with Crippen LogP contribution in [0.5, 0.6) is 0 Å².